The summed E-state index contributed by atoms with van der Waals surface area (Å²) >= 11 is 0. The van der Waals surface area contributed by atoms with Crippen LogP contribution >= 0.6 is 0 Å². The number of H-pyrrole nitrogens is 1. The van der Waals surface area contributed by atoms with Crippen LogP contribution in [0.4, 0.5) is 5.69 Å². The van der Waals surface area contributed by atoms with E-state index in [-0.39, 0.29) is 5.75 Å². The highest BCUT2D eigenvalue weighted by molar-refractivity contribution is 5.53. The Morgan fingerprint density at radius 2 is 1.93 bits per heavy atom. The summed E-state index contributed by atoms with van der Waals surface area (Å²) in [7, 11) is 0. The maximum atomic E-state index is 9.33. The highest BCUT2D eigenvalue weighted by atomic mass is 16.3. The Morgan fingerprint density at radius 3 is 2.57 bits per heavy atom. The van der Waals surface area contributed by atoms with Crippen molar-refractivity contribution >= 4 is 5.69 Å². The van der Waals surface area contributed by atoms with Crippen LogP contribution in [-0.2, 0) is 6.54 Å². The third-order valence-electron chi connectivity index (χ3n) is 2.05. The van der Waals surface area contributed by atoms with E-state index in [9.17, 15) is 5.11 Å². The minimum absolute atomic E-state index is 0.251. The number of rotatable bonds is 3. The molecule has 0 atom stereocenters. The number of hydrogen-bond acceptors (Lipinski definition) is 2. The molecular weight excluding hydrogens is 176 g/mol. The monoisotopic (exact) mass is 188 g/mol. The summed E-state index contributed by atoms with van der Waals surface area (Å²) in [5.74, 6) is 0.251. The van der Waals surface area contributed by atoms with E-state index in [1.165, 1.54) is 5.56 Å². The van der Waals surface area contributed by atoms with Crippen LogP contribution in [0.15, 0.2) is 42.7 Å². The minimum atomic E-state index is 0.251. The molecule has 0 aliphatic rings. The number of benzene rings is 1. The van der Waals surface area contributed by atoms with E-state index in [4.69, 9.17) is 0 Å². The van der Waals surface area contributed by atoms with Crippen molar-refractivity contribution in [2.75, 3.05) is 5.32 Å². The largest absolute Gasteiger partial charge is 0.504 e. The van der Waals surface area contributed by atoms with Gasteiger partial charge in [-0.2, -0.15) is 0 Å². The van der Waals surface area contributed by atoms with Crippen molar-refractivity contribution in [3.8, 4) is 5.75 Å². The van der Waals surface area contributed by atoms with Crippen molar-refractivity contribution in [2.24, 2.45) is 0 Å². The van der Waals surface area contributed by atoms with Gasteiger partial charge in [0.1, 0.15) is 0 Å². The van der Waals surface area contributed by atoms with Crippen LogP contribution in [0.2, 0.25) is 0 Å². The fourth-order valence-corrected chi connectivity index (χ4v) is 1.29. The molecule has 3 N–H and O–H groups in total. The second-order valence-electron chi connectivity index (χ2n) is 3.09. The molecule has 3 heteroatoms. The summed E-state index contributed by atoms with van der Waals surface area (Å²) in [6.45, 7) is 0.715. The lowest BCUT2D eigenvalue weighted by atomic mass is 10.2. The Bertz CT molecular complexity index is 395. The standard InChI is InChI=1S/C11H12N2O/c14-11-8-12-7-10(11)13-6-9-4-2-1-3-5-9/h1-5,7-8,12-14H,6H2. The van der Waals surface area contributed by atoms with Gasteiger partial charge in [-0.25, -0.2) is 0 Å². The third-order valence-corrected chi connectivity index (χ3v) is 2.05. The van der Waals surface area contributed by atoms with Crippen molar-refractivity contribution in [2.45, 2.75) is 6.54 Å². The van der Waals surface area contributed by atoms with Gasteiger partial charge >= 0.3 is 0 Å². The molecule has 0 saturated heterocycles. The van der Waals surface area contributed by atoms with Crippen LogP contribution in [0.5, 0.6) is 5.75 Å². The zero-order valence-electron chi connectivity index (χ0n) is 7.70. The number of aromatic nitrogens is 1. The molecular formula is C11H12N2O. The molecule has 0 fully saturated rings. The van der Waals surface area contributed by atoms with E-state index < -0.39 is 0 Å². The van der Waals surface area contributed by atoms with Crippen LogP contribution < -0.4 is 5.32 Å². The fraction of sp³-hybridized carbons (Fsp3) is 0.0909. The maximum absolute atomic E-state index is 9.33. The number of aromatic amines is 1. The number of hydrogen-bond donors (Lipinski definition) is 3. The predicted octanol–water partition coefficient (Wildman–Crippen LogP) is 2.33. The normalized spacial score (nSPS) is 10.0. The average molecular weight is 188 g/mol. The molecule has 0 amide bonds. The summed E-state index contributed by atoms with van der Waals surface area (Å²) in [6.07, 6.45) is 3.28. The molecule has 0 saturated carbocycles. The van der Waals surface area contributed by atoms with Gasteiger partial charge in [0.05, 0.1) is 5.69 Å². The maximum Gasteiger partial charge on any atom is 0.156 e. The Kier molecular flexibility index (Phi) is 2.40. The first-order chi connectivity index (χ1) is 6.86. The van der Waals surface area contributed by atoms with Gasteiger partial charge in [-0.1, -0.05) is 30.3 Å². The van der Waals surface area contributed by atoms with Gasteiger partial charge in [0.25, 0.3) is 0 Å². The van der Waals surface area contributed by atoms with E-state index >= 15 is 0 Å². The highest BCUT2D eigenvalue weighted by Gasteiger charge is 1.99. The van der Waals surface area contributed by atoms with Gasteiger partial charge in [0.2, 0.25) is 0 Å². The molecule has 14 heavy (non-hydrogen) atoms. The molecule has 3 nitrogen and oxygen atoms in total. The Morgan fingerprint density at radius 1 is 1.14 bits per heavy atom. The van der Waals surface area contributed by atoms with Crippen molar-refractivity contribution < 1.29 is 5.11 Å². The van der Waals surface area contributed by atoms with E-state index in [1.54, 1.807) is 12.4 Å². The molecule has 0 aliphatic heterocycles. The van der Waals surface area contributed by atoms with Crippen LogP contribution in [0, 0.1) is 0 Å². The van der Waals surface area contributed by atoms with Crippen LogP contribution in [-0.4, -0.2) is 10.1 Å². The van der Waals surface area contributed by atoms with E-state index in [2.05, 4.69) is 10.3 Å². The molecule has 1 aromatic carbocycles. The van der Waals surface area contributed by atoms with Crippen LogP contribution in [0.1, 0.15) is 5.56 Å². The SMILES string of the molecule is Oc1c[nH]cc1NCc1ccccc1. The molecule has 72 valence electrons. The molecule has 2 rings (SSSR count). The van der Waals surface area contributed by atoms with Crippen molar-refractivity contribution in [1.29, 1.82) is 0 Å². The molecule has 0 spiro atoms. The first-order valence-corrected chi connectivity index (χ1v) is 4.50. The van der Waals surface area contributed by atoms with Crippen LogP contribution in [0.25, 0.3) is 0 Å². The Labute approximate surface area is 82.4 Å². The number of anilines is 1. The zero-order chi connectivity index (χ0) is 9.80. The van der Waals surface area contributed by atoms with Gasteiger partial charge < -0.3 is 15.4 Å². The predicted molar refractivity (Wildman–Crippen MR) is 56.2 cm³/mol. The molecule has 1 heterocycles. The quantitative estimate of drug-likeness (QED) is 0.692. The van der Waals surface area contributed by atoms with Crippen molar-refractivity contribution in [3.05, 3.63) is 48.3 Å². The lowest BCUT2D eigenvalue weighted by Crippen LogP contribution is -1.97. The lowest BCUT2D eigenvalue weighted by molar-refractivity contribution is 0.478. The highest BCUT2D eigenvalue weighted by Crippen LogP contribution is 2.21. The zero-order valence-corrected chi connectivity index (χ0v) is 7.70. The molecule has 1 aromatic heterocycles. The van der Waals surface area contributed by atoms with Crippen molar-refractivity contribution in [3.63, 3.8) is 0 Å². The third kappa shape index (κ3) is 1.88. The lowest BCUT2D eigenvalue weighted by Gasteiger charge is -2.04. The summed E-state index contributed by atoms with van der Waals surface area (Å²) < 4.78 is 0. The number of nitrogens with one attached hydrogen (secondary N) is 2. The van der Waals surface area contributed by atoms with Crippen LogP contribution in [0.3, 0.4) is 0 Å². The molecule has 2 aromatic rings. The van der Waals surface area contributed by atoms with Gasteiger partial charge in [0, 0.05) is 18.9 Å². The summed E-state index contributed by atoms with van der Waals surface area (Å²) in [4.78, 5) is 2.82. The average Bonchev–Trinajstić information content (AvgIpc) is 2.63. The van der Waals surface area contributed by atoms with Gasteiger partial charge in [-0.3, -0.25) is 0 Å². The van der Waals surface area contributed by atoms with Gasteiger partial charge in [0.15, 0.2) is 5.75 Å². The van der Waals surface area contributed by atoms with Gasteiger partial charge in [-0.15, -0.1) is 0 Å². The Balaban J connectivity index is 1.99. The second kappa shape index (κ2) is 3.87. The fourth-order valence-electron chi connectivity index (χ4n) is 1.29. The molecule has 0 unspecified atom stereocenters. The smallest absolute Gasteiger partial charge is 0.156 e. The first-order valence-electron chi connectivity index (χ1n) is 4.50. The summed E-state index contributed by atoms with van der Waals surface area (Å²) in [5.41, 5.74) is 1.92. The van der Waals surface area contributed by atoms with E-state index in [0.717, 1.165) is 5.69 Å². The summed E-state index contributed by atoms with van der Waals surface area (Å²) in [5, 5.41) is 12.5. The molecule has 0 aliphatic carbocycles. The molecule has 0 radical (unpaired) electrons. The van der Waals surface area contributed by atoms with E-state index in [0.29, 0.717) is 6.54 Å². The minimum Gasteiger partial charge on any atom is -0.504 e. The molecule has 0 bridgehead atoms. The topological polar surface area (TPSA) is 48.0 Å². The number of aromatic hydroxyl groups is 1. The van der Waals surface area contributed by atoms with Gasteiger partial charge in [-0.05, 0) is 5.56 Å². The second-order valence-corrected chi connectivity index (χ2v) is 3.09. The first kappa shape index (κ1) is 8.69. The Hall–Kier alpha value is -1.90. The van der Waals surface area contributed by atoms with E-state index in [1.807, 2.05) is 30.3 Å². The summed E-state index contributed by atoms with van der Waals surface area (Å²) in [6, 6.07) is 10.0. The van der Waals surface area contributed by atoms with Crippen molar-refractivity contribution in [1.82, 2.24) is 4.98 Å².